The fraction of sp³-hybridized carbons (Fsp3) is 0.500. The number of hydrogen-bond acceptors (Lipinski definition) is 5. The van der Waals surface area contributed by atoms with Gasteiger partial charge in [0.25, 0.3) is 5.91 Å². The smallest absolute Gasteiger partial charge is 0.274 e. The van der Waals surface area contributed by atoms with Crippen molar-refractivity contribution in [2.45, 2.75) is 63.1 Å². The van der Waals surface area contributed by atoms with Gasteiger partial charge in [0.1, 0.15) is 17.1 Å². The third kappa shape index (κ3) is 4.79. The van der Waals surface area contributed by atoms with Crippen LogP contribution < -0.4 is 5.32 Å². The number of H-pyrrole nitrogens is 1. The van der Waals surface area contributed by atoms with E-state index in [2.05, 4.69) is 20.5 Å². The number of aromatic amines is 1. The van der Waals surface area contributed by atoms with Crippen LogP contribution in [0.15, 0.2) is 30.6 Å². The van der Waals surface area contributed by atoms with Gasteiger partial charge in [0.15, 0.2) is 0 Å². The number of nitrogens with zero attached hydrogens (tertiary/aromatic N) is 3. The minimum atomic E-state index is -1.04. The first-order chi connectivity index (χ1) is 16.9. The van der Waals surface area contributed by atoms with Crippen molar-refractivity contribution in [3.05, 3.63) is 64.2 Å². The first kappa shape index (κ1) is 24.9. The standard InChI is InChI=1S/C26H31ClFN5O3/c1-25(2,35)21-9-18(31-32-21)12-26(36)10-15-6-14(7-16(15)11-26)22-23(33(3)13-29-22)24(34)30-17-4-5-20(28)19(27)8-17/h4-5,8-9,13-16,35-36H,6-7,10-12H2,1-3H3,(H,30,34)(H,31,32). The van der Waals surface area contributed by atoms with E-state index >= 15 is 0 Å². The van der Waals surface area contributed by atoms with Crippen LogP contribution in [0, 0.1) is 17.7 Å². The molecule has 0 saturated heterocycles. The highest BCUT2D eigenvalue weighted by Crippen LogP contribution is 2.54. The molecule has 1 amide bonds. The normalized spacial score (nSPS) is 25.8. The summed E-state index contributed by atoms with van der Waals surface area (Å²) >= 11 is 5.86. The first-order valence-corrected chi connectivity index (χ1v) is 12.6. The molecule has 3 aromatic rings. The number of aliphatic hydroxyl groups is 2. The topological polar surface area (TPSA) is 116 Å². The molecule has 4 N–H and O–H groups in total. The maximum Gasteiger partial charge on any atom is 0.274 e. The number of halogens is 2. The Labute approximate surface area is 213 Å². The third-order valence-electron chi connectivity index (χ3n) is 7.65. The molecule has 10 heteroatoms. The van der Waals surface area contributed by atoms with Gasteiger partial charge in [-0.1, -0.05) is 11.6 Å². The van der Waals surface area contributed by atoms with E-state index in [9.17, 15) is 19.4 Å². The summed E-state index contributed by atoms with van der Waals surface area (Å²) in [4.78, 5) is 17.7. The van der Waals surface area contributed by atoms with Gasteiger partial charge in [-0.2, -0.15) is 5.10 Å². The number of imidazole rings is 1. The zero-order valence-electron chi connectivity index (χ0n) is 20.6. The Balaban J connectivity index is 1.26. The highest BCUT2D eigenvalue weighted by molar-refractivity contribution is 6.31. The highest BCUT2D eigenvalue weighted by Gasteiger charge is 2.50. The second-order valence-electron chi connectivity index (χ2n) is 11.0. The number of amides is 1. The molecule has 2 heterocycles. The van der Waals surface area contributed by atoms with E-state index in [0.29, 0.717) is 48.2 Å². The van der Waals surface area contributed by atoms with Gasteiger partial charge in [-0.05, 0) is 75.6 Å². The van der Waals surface area contributed by atoms with E-state index < -0.39 is 17.0 Å². The Morgan fingerprint density at radius 1 is 1.31 bits per heavy atom. The van der Waals surface area contributed by atoms with Gasteiger partial charge in [0.2, 0.25) is 0 Å². The van der Waals surface area contributed by atoms with Crippen molar-refractivity contribution in [3.8, 4) is 0 Å². The number of aromatic nitrogens is 4. The van der Waals surface area contributed by atoms with E-state index in [4.69, 9.17) is 11.6 Å². The number of fused-ring (bicyclic) bond motifs is 1. The predicted molar refractivity (Wildman–Crippen MR) is 133 cm³/mol. The molecule has 0 radical (unpaired) electrons. The van der Waals surface area contributed by atoms with Crippen LogP contribution in [-0.4, -0.2) is 41.5 Å². The van der Waals surface area contributed by atoms with Gasteiger partial charge >= 0.3 is 0 Å². The zero-order chi connectivity index (χ0) is 25.8. The molecule has 2 saturated carbocycles. The molecular weight excluding hydrogens is 485 g/mol. The van der Waals surface area contributed by atoms with Gasteiger partial charge in [-0.15, -0.1) is 0 Å². The van der Waals surface area contributed by atoms with Gasteiger partial charge in [0, 0.05) is 30.8 Å². The second kappa shape index (κ2) is 8.97. The summed E-state index contributed by atoms with van der Waals surface area (Å²) in [7, 11) is 1.78. The summed E-state index contributed by atoms with van der Waals surface area (Å²) in [6, 6.07) is 5.90. The van der Waals surface area contributed by atoms with Crippen LogP contribution in [0.1, 0.15) is 73.0 Å². The van der Waals surface area contributed by atoms with Crippen molar-refractivity contribution in [1.82, 2.24) is 19.7 Å². The van der Waals surface area contributed by atoms with Crippen LogP contribution in [0.2, 0.25) is 5.02 Å². The molecule has 0 bridgehead atoms. The van der Waals surface area contributed by atoms with Crippen molar-refractivity contribution in [2.75, 3.05) is 5.32 Å². The quantitative estimate of drug-likeness (QED) is 0.391. The molecule has 0 spiro atoms. The zero-order valence-corrected chi connectivity index (χ0v) is 21.3. The van der Waals surface area contributed by atoms with Crippen molar-refractivity contribution in [1.29, 1.82) is 0 Å². The Kier molecular flexibility index (Phi) is 6.21. The first-order valence-electron chi connectivity index (χ1n) is 12.2. The number of anilines is 1. The van der Waals surface area contributed by atoms with E-state index in [1.54, 1.807) is 31.8 Å². The van der Waals surface area contributed by atoms with Crippen molar-refractivity contribution in [3.63, 3.8) is 0 Å². The lowest BCUT2D eigenvalue weighted by atomic mass is 9.89. The minimum Gasteiger partial charge on any atom is -0.389 e. The van der Waals surface area contributed by atoms with Gasteiger partial charge in [-0.25, -0.2) is 9.37 Å². The Hall–Kier alpha value is -2.75. The Bertz CT molecular complexity index is 1280. The van der Waals surface area contributed by atoms with E-state index in [0.717, 1.165) is 24.2 Å². The summed E-state index contributed by atoms with van der Waals surface area (Å²) in [5.41, 5.74) is 1.16. The van der Waals surface area contributed by atoms with E-state index in [-0.39, 0.29) is 16.8 Å². The number of hydrogen-bond donors (Lipinski definition) is 4. The second-order valence-corrected chi connectivity index (χ2v) is 11.4. The average molecular weight is 516 g/mol. The molecule has 36 heavy (non-hydrogen) atoms. The molecule has 1 aromatic carbocycles. The predicted octanol–water partition coefficient (Wildman–Crippen LogP) is 4.29. The molecule has 2 unspecified atom stereocenters. The molecule has 2 atom stereocenters. The highest BCUT2D eigenvalue weighted by atomic mass is 35.5. The van der Waals surface area contributed by atoms with Crippen LogP contribution >= 0.6 is 11.6 Å². The molecule has 2 aliphatic rings. The number of carbonyl (C=O) groups excluding carboxylic acids is 1. The summed E-state index contributed by atoms with van der Waals surface area (Å²) in [5, 5.41) is 31.4. The summed E-state index contributed by atoms with van der Waals surface area (Å²) in [6.07, 6.45) is 5.16. The maximum atomic E-state index is 13.5. The van der Waals surface area contributed by atoms with Gasteiger partial charge in [0.05, 0.1) is 28.3 Å². The lowest BCUT2D eigenvalue weighted by molar-refractivity contribution is 0.0375. The summed E-state index contributed by atoms with van der Waals surface area (Å²) in [6.45, 7) is 3.37. The molecular formula is C26H31ClFN5O3. The van der Waals surface area contributed by atoms with Crippen LogP contribution in [0.5, 0.6) is 0 Å². The average Bonchev–Trinajstić information content (AvgIpc) is 3.53. The van der Waals surface area contributed by atoms with Crippen LogP contribution in [0.4, 0.5) is 10.1 Å². The van der Waals surface area contributed by atoms with Crippen molar-refractivity contribution >= 4 is 23.2 Å². The molecule has 8 nitrogen and oxygen atoms in total. The molecule has 192 valence electrons. The number of carbonyl (C=O) groups is 1. The van der Waals surface area contributed by atoms with Crippen LogP contribution in [0.3, 0.4) is 0 Å². The largest absolute Gasteiger partial charge is 0.389 e. The minimum absolute atomic E-state index is 0.0550. The van der Waals surface area contributed by atoms with E-state index in [1.165, 1.54) is 18.2 Å². The molecule has 5 rings (SSSR count). The van der Waals surface area contributed by atoms with Crippen molar-refractivity contribution in [2.24, 2.45) is 18.9 Å². The van der Waals surface area contributed by atoms with E-state index in [1.807, 2.05) is 6.07 Å². The summed E-state index contributed by atoms with van der Waals surface area (Å²) in [5.74, 6) is -0.0603. The SMILES string of the molecule is Cn1cnc(C2CC3CC(O)(Cc4cc(C(C)(C)O)n[nH]4)CC3C2)c1C(=O)Nc1ccc(F)c(Cl)c1. The van der Waals surface area contributed by atoms with Gasteiger partial charge < -0.3 is 20.1 Å². The molecule has 2 aliphatic carbocycles. The number of rotatable bonds is 6. The Morgan fingerprint density at radius 2 is 2.00 bits per heavy atom. The lowest BCUT2D eigenvalue weighted by Crippen LogP contribution is -2.29. The molecule has 2 aromatic heterocycles. The van der Waals surface area contributed by atoms with Gasteiger partial charge in [-0.3, -0.25) is 9.89 Å². The number of aryl methyl sites for hydroxylation is 1. The number of nitrogens with one attached hydrogen (secondary N) is 2. The summed E-state index contributed by atoms with van der Waals surface area (Å²) < 4.78 is 15.2. The van der Waals surface area contributed by atoms with Crippen LogP contribution in [-0.2, 0) is 19.1 Å². The maximum absolute atomic E-state index is 13.5. The molecule has 0 aliphatic heterocycles. The Morgan fingerprint density at radius 3 is 2.61 bits per heavy atom. The number of benzene rings is 1. The fourth-order valence-corrected chi connectivity index (χ4v) is 6.23. The lowest BCUT2D eigenvalue weighted by Gasteiger charge is -2.24. The third-order valence-corrected chi connectivity index (χ3v) is 7.94. The monoisotopic (exact) mass is 515 g/mol. The fourth-order valence-electron chi connectivity index (χ4n) is 6.05. The van der Waals surface area contributed by atoms with Crippen LogP contribution in [0.25, 0.3) is 0 Å². The van der Waals surface area contributed by atoms with Crippen molar-refractivity contribution < 1.29 is 19.4 Å². The molecule has 2 fully saturated rings.